The highest BCUT2D eigenvalue weighted by Gasteiger charge is 2.26. The Morgan fingerprint density at radius 1 is 1.21 bits per heavy atom. The van der Waals surface area contributed by atoms with Crippen LogP contribution >= 0.6 is 22.9 Å². The first-order valence-corrected chi connectivity index (χ1v) is 10.7. The molecule has 1 amide bonds. The zero-order valence-electron chi connectivity index (χ0n) is 15.8. The second-order valence-corrected chi connectivity index (χ2v) is 8.44. The van der Waals surface area contributed by atoms with E-state index in [2.05, 4.69) is 16.8 Å². The number of nitrogens with two attached hydrogens (primary N) is 1. The number of nitrogen functional groups attached to an aromatic ring is 1. The highest BCUT2D eigenvalue weighted by atomic mass is 35.5. The number of halogens is 1. The maximum atomic E-state index is 13.1. The van der Waals surface area contributed by atoms with Crippen LogP contribution in [0.3, 0.4) is 0 Å². The molecule has 1 fully saturated rings. The van der Waals surface area contributed by atoms with Gasteiger partial charge < -0.3 is 15.5 Å². The Morgan fingerprint density at radius 2 is 2.00 bits per heavy atom. The summed E-state index contributed by atoms with van der Waals surface area (Å²) >= 11 is 7.51. The van der Waals surface area contributed by atoms with Crippen molar-refractivity contribution in [1.29, 1.82) is 0 Å². The monoisotopic (exact) mass is 414 g/mol. The molecule has 7 heteroatoms. The van der Waals surface area contributed by atoms with Crippen molar-refractivity contribution in [3.63, 3.8) is 0 Å². The zero-order chi connectivity index (χ0) is 19.7. The molecule has 0 atom stereocenters. The van der Waals surface area contributed by atoms with E-state index in [1.165, 1.54) is 11.3 Å². The number of aryl methyl sites for hydroxylation is 1. The molecule has 0 saturated carbocycles. The highest BCUT2D eigenvalue weighted by molar-refractivity contribution is 7.21. The lowest BCUT2D eigenvalue weighted by molar-refractivity contribution is 0.0752. The summed E-state index contributed by atoms with van der Waals surface area (Å²) in [4.78, 5) is 23.4. The number of pyridine rings is 1. The lowest BCUT2D eigenvalue weighted by Crippen LogP contribution is -2.48. The number of rotatable bonds is 4. The van der Waals surface area contributed by atoms with E-state index in [1.54, 1.807) is 0 Å². The number of hydrogen-bond donors (Lipinski definition) is 1. The topological polar surface area (TPSA) is 62.5 Å². The summed E-state index contributed by atoms with van der Waals surface area (Å²) in [6.07, 6.45) is 1.98. The van der Waals surface area contributed by atoms with Crippen LogP contribution in [0.4, 0.5) is 11.4 Å². The summed E-state index contributed by atoms with van der Waals surface area (Å²) in [7, 11) is 0. The minimum atomic E-state index is 0.00304. The van der Waals surface area contributed by atoms with Gasteiger partial charge >= 0.3 is 0 Å². The van der Waals surface area contributed by atoms with Crippen LogP contribution in [-0.4, -0.2) is 42.0 Å². The normalized spacial score (nSPS) is 14.6. The average Bonchev–Trinajstić information content (AvgIpc) is 3.04. The molecule has 5 nitrogen and oxygen atoms in total. The number of aromatic nitrogens is 1. The molecule has 1 aliphatic heterocycles. The van der Waals surface area contributed by atoms with Crippen molar-refractivity contribution in [2.75, 3.05) is 36.8 Å². The Balaban J connectivity index is 1.50. The molecule has 1 aromatic carbocycles. The zero-order valence-corrected chi connectivity index (χ0v) is 17.4. The number of piperazine rings is 1. The molecule has 1 aliphatic rings. The first-order chi connectivity index (χ1) is 13.6. The molecule has 0 spiro atoms. The van der Waals surface area contributed by atoms with Crippen molar-refractivity contribution in [2.24, 2.45) is 0 Å². The number of carbonyl (C=O) groups excluding carboxylic acids is 1. The van der Waals surface area contributed by atoms with Gasteiger partial charge in [-0.15, -0.1) is 11.3 Å². The van der Waals surface area contributed by atoms with Crippen LogP contribution < -0.4 is 10.6 Å². The predicted octanol–water partition coefficient (Wildman–Crippen LogP) is 4.45. The van der Waals surface area contributed by atoms with Crippen molar-refractivity contribution < 1.29 is 4.79 Å². The van der Waals surface area contributed by atoms with Crippen LogP contribution in [0, 0.1) is 0 Å². The van der Waals surface area contributed by atoms with Gasteiger partial charge in [0, 0.05) is 48.0 Å². The van der Waals surface area contributed by atoms with Crippen molar-refractivity contribution in [3.8, 4) is 0 Å². The molecule has 28 heavy (non-hydrogen) atoms. The summed E-state index contributed by atoms with van der Waals surface area (Å²) in [6, 6.07) is 11.8. The second kappa shape index (κ2) is 7.97. The number of fused-ring (bicyclic) bond motifs is 1. The minimum absolute atomic E-state index is 0.00304. The van der Waals surface area contributed by atoms with Gasteiger partial charge in [-0.05, 0) is 36.8 Å². The van der Waals surface area contributed by atoms with Crippen LogP contribution in [0.2, 0.25) is 5.02 Å². The van der Waals surface area contributed by atoms with Crippen LogP contribution in [-0.2, 0) is 6.42 Å². The fourth-order valence-corrected chi connectivity index (χ4v) is 4.84. The van der Waals surface area contributed by atoms with Crippen molar-refractivity contribution in [1.82, 2.24) is 9.88 Å². The van der Waals surface area contributed by atoms with Gasteiger partial charge in [-0.3, -0.25) is 4.79 Å². The molecule has 2 aromatic heterocycles. The van der Waals surface area contributed by atoms with E-state index in [1.807, 2.05) is 41.3 Å². The smallest absolute Gasteiger partial charge is 0.266 e. The molecule has 146 valence electrons. The molecule has 3 heterocycles. The van der Waals surface area contributed by atoms with Gasteiger partial charge in [-0.1, -0.05) is 31.0 Å². The quantitative estimate of drug-likeness (QED) is 0.685. The van der Waals surface area contributed by atoms with Gasteiger partial charge in [0.15, 0.2) is 0 Å². The minimum Gasteiger partial charge on any atom is -0.397 e. The second-order valence-electron chi connectivity index (χ2n) is 7.01. The van der Waals surface area contributed by atoms with Gasteiger partial charge in [-0.25, -0.2) is 4.98 Å². The summed E-state index contributed by atoms with van der Waals surface area (Å²) in [5.74, 6) is 0.00304. The molecular formula is C21H23ClN4OS. The summed E-state index contributed by atoms with van der Waals surface area (Å²) in [5.41, 5.74) is 8.99. The molecule has 1 saturated heterocycles. The molecule has 2 N–H and O–H groups in total. The predicted molar refractivity (Wildman–Crippen MR) is 118 cm³/mol. The first kappa shape index (κ1) is 19.0. The number of nitrogens with zero attached hydrogens (tertiary/aromatic N) is 3. The Labute approximate surface area is 173 Å². The summed E-state index contributed by atoms with van der Waals surface area (Å²) in [5, 5.41) is 1.61. The van der Waals surface area contributed by atoms with E-state index in [0.717, 1.165) is 52.6 Å². The van der Waals surface area contributed by atoms with E-state index in [0.29, 0.717) is 23.7 Å². The van der Waals surface area contributed by atoms with Gasteiger partial charge in [0.05, 0.1) is 5.69 Å². The number of hydrogen-bond acceptors (Lipinski definition) is 5. The number of thiophene rings is 1. The molecule has 4 rings (SSSR count). The Hall–Kier alpha value is -2.31. The largest absolute Gasteiger partial charge is 0.397 e. The third-order valence-corrected chi connectivity index (χ3v) is 6.43. The number of amides is 1. The number of benzene rings is 1. The van der Waals surface area contributed by atoms with Crippen molar-refractivity contribution in [2.45, 2.75) is 19.8 Å². The number of carbonyl (C=O) groups is 1. The van der Waals surface area contributed by atoms with Crippen LogP contribution in [0.15, 0.2) is 36.4 Å². The van der Waals surface area contributed by atoms with Crippen molar-refractivity contribution >= 4 is 50.4 Å². The van der Waals surface area contributed by atoms with E-state index in [4.69, 9.17) is 17.3 Å². The molecular weight excluding hydrogens is 392 g/mol. The fraction of sp³-hybridized carbons (Fsp3) is 0.333. The van der Waals surface area contributed by atoms with E-state index in [9.17, 15) is 4.79 Å². The van der Waals surface area contributed by atoms with Gasteiger partial charge in [-0.2, -0.15) is 0 Å². The third kappa shape index (κ3) is 3.66. The Kier molecular flexibility index (Phi) is 5.42. The summed E-state index contributed by atoms with van der Waals surface area (Å²) in [6.45, 7) is 5.00. The molecule has 0 bridgehead atoms. The fourth-order valence-electron chi connectivity index (χ4n) is 3.57. The lowest BCUT2D eigenvalue weighted by Gasteiger charge is -2.36. The van der Waals surface area contributed by atoms with Crippen LogP contribution in [0.25, 0.3) is 10.2 Å². The van der Waals surface area contributed by atoms with E-state index >= 15 is 0 Å². The summed E-state index contributed by atoms with van der Waals surface area (Å²) < 4.78 is 0. The number of anilines is 2. The van der Waals surface area contributed by atoms with Crippen molar-refractivity contribution in [3.05, 3.63) is 52.0 Å². The third-order valence-electron chi connectivity index (χ3n) is 5.09. The van der Waals surface area contributed by atoms with Gasteiger partial charge in [0.2, 0.25) is 0 Å². The van der Waals surface area contributed by atoms with Crippen LogP contribution in [0.5, 0.6) is 0 Å². The van der Waals surface area contributed by atoms with Gasteiger partial charge in [0.25, 0.3) is 5.91 Å². The molecule has 0 unspecified atom stereocenters. The van der Waals surface area contributed by atoms with E-state index in [-0.39, 0.29) is 5.91 Å². The molecule has 3 aromatic rings. The highest BCUT2D eigenvalue weighted by Crippen LogP contribution is 2.34. The van der Waals surface area contributed by atoms with Crippen LogP contribution in [0.1, 0.15) is 28.7 Å². The Morgan fingerprint density at radius 3 is 2.71 bits per heavy atom. The molecule has 0 aliphatic carbocycles. The maximum absolute atomic E-state index is 13.1. The SMILES string of the molecule is CCCc1ccc2c(N)c(C(=O)N3CCN(c4cccc(Cl)c4)CC3)sc2n1. The standard InChI is InChI=1S/C21H23ClN4OS/c1-2-4-15-7-8-17-18(23)19(28-20(17)24-15)21(27)26-11-9-25(10-12-26)16-6-3-5-14(22)13-16/h3,5-8,13H,2,4,9-12,23H2,1H3. The molecule has 0 radical (unpaired) electrons. The average molecular weight is 415 g/mol. The Bertz CT molecular complexity index is 1010. The lowest BCUT2D eigenvalue weighted by atomic mass is 10.2. The van der Waals surface area contributed by atoms with E-state index < -0.39 is 0 Å². The van der Waals surface area contributed by atoms with Gasteiger partial charge in [0.1, 0.15) is 9.71 Å². The first-order valence-electron chi connectivity index (χ1n) is 9.54. The maximum Gasteiger partial charge on any atom is 0.266 e.